The first kappa shape index (κ1) is 55.9. The number of benzene rings is 2. The molecule has 4 N–H and O–H groups in total. The molecule has 422 valence electrons. The molecule has 6 fully saturated rings. The molecule has 6 heterocycles. The lowest BCUT2D eigenvalue weighted by Crippen LogP contribution is -2.73. The molecule has 2 aliphatic carbocycles. The second-order valence-corrected chi connectivity index (χ2v) is 23.8. The van der Waals surface area contributed by atoms with Gasteiger partial charge in [-0.1, -0.05) is 50.7 Å². The molecule has 2 saturated carbocycles. The Balaban J connectivity index is 0.756. The van der Waals surface area contributed by atoms with E-state index < -0.39 is 47.6 Å². The Morgan fingerprint density at radius 1 is 0.608 bits per heavy atom. The smallest absolute Gasteiger partial charge is 0.256 e. The molecule has 1 spiro atoms. The highest BCUT2D eigenvalue weighted by Gasteiger charge is 2.55. The van der Waals surface area contributed by atoms with Crippen molar-refractivity contribution in [3.63, 3.8) is 0 Å². The van der Waals surface area contributed by atoms with Gasteiger partial charge in [-0.3, -0.25) is 38.7 Å². The average Bonchev–Trinajstić information content (AvgIpc) is 4.22. The summed E-state index contributed by atoms with van der Waals surface area (Å²) in [4.78, 5) is 99.3. The van der Waals surface area contributed by atoms with Crippen molar-refractivity contribution < 1.29 is 37.5 Å². The Bertz CT molecular complexity index is 2850. The van der Waals surface area contributed by atoms with Crippen LogP contribution in [0.4, 0.5) is 8.78 Å². The van der Waals surface area contributed by atoms with Crippen LogP contribution in [0.25, 0.3) is 16.7 Å². The number of likely N-dealkylation sites (N-methyl/N-ethyl adjacent to an activating group) is 2. The highest BCUT2D eigenvalue weighted by molar-refractivity contribution is 5.98. The molecule has 1 unspecified atom stereocenters. The number of rotatable bonds is 16. The van der Waals surface area contributed by atoms with Gasteiger partial charge in [0.05, 0.1) is 29.3 Å². The van der Waals surface area contributed by atoms with E-state index in [9.17, 15) is 28.8 Å². The van der Waals surface area contributed by atoms with Crippen LogP contribution in [-0.4, -0.2) is 150 Å². The van der Waals surface area contributed by atoms with Crippen LogP contribution in [0, 0.1) is 34.8 Å². The van der Waals surface area contributed by atoms with Crippen LogP contribution in [-0.2, 0) is 19.2 Å². The quantitative estimate of drug-likeness (QED) is 0.117. The van der Waals surface area contributed by atoms with E-state index in [2.05, 4.69) is 31.2 Å². The van der Waals surface area contributed by atoms with Gasteiger partial charge >= 0.3 is 0 Å². The number of carbonyl (C=O) groups excluding carboxylic acids is 6. The number of nitrogens with one attached hydrogen (secondary N) is 4. The van der Waals surface area contributed by atoms with Gasteiger partial charge in [0.15, 0.2) is 0 Å². The summed E-state index contributed by atoms with van der Waals surface area (Å²) in [6.07, 6.45) is 20.7. The van der Waals surface area contributed by atoms with Gasteiger partial charge < -0.3 is 40.9 Å². The molecule has 6 amide bonds. The van der Waals surface area contributed by atoms with Crippen molar-refractivity contribution in [2.24, 2.45) is 28.2 Å². The van der Waals surface area contributed by atoms with E-state index in [0.717, 1.165) is 101 Å². The maximum atomic E-state index is 15.6. The maximum absolute atomic E-state index is 15.6. The summed E-state index contributed by atoms with van der Waals surface area (Å²) in [5.41, 5.74) is 3.10. The number of hydrogen-bond acceptors (Lipinski definition) is 10. The predicted molar refractivity (Wildman–Crippen MR) is 297 cm³/mol. The van der Waals surface area contributed by atoms with Crippen molar-refractivity contribution in [1.82, 2.24) is 45.9 Å². The van der Waals surface area contributed by atoms with Gasteiger partial charge in [-0.05, 0) is 150 Å². The van der Waals surface area contributed by atoms with Gasteiger partial charge in [0.1, 0.15) is 23.7 Å². The fourth-order valence-corrected chi connectivity index (χ4v) is 13.7. The minimum atomic E-state index is -0.654. The number of carbonyl (C=O) groups is 6. The minimum absolute atomic E-state index is 0.0421. The molecule has 3 aromatic rings. The second kappa shape index (κ2) is 24.1. The Morgan fingerprint density at radius 3 is 1.70 bits per heavy atom. The van der Waals surface area contributed by atoms with Crippen LogP contribution in [0.5, 0.6) is 0 Å². The molecule has 16 nitrogen and oxygen atoms in total. The number of pyridine rings is 1. The molecule has 10 rings (SSSR count). The molecule has 4 saturated heterocycles. The van der Waals surface area contributed by atoms with E-state index in [4.69, 9.17) is 0 Å². The Labute approximate surface area is 463 Å². The predicted octanol–water partition coefficient (Wildman–Crippen LogP) is 7.06. The summed E-state index contributed by atoms with van der Waals surface area (Å²) < 4.78 is 31.2. The summed E-state index contributed by atoms with van der Waals surface area (Å²) in [5, 5.41) is 12.2. The van der Waals surface area contributed by atoms with E-state index in [1.807, 2.05) is 22.1 Å². The topological polar surface area (TPSA) is 189 Å². The molecular weight excluding hydrogens is 1010 g/mol. The number of amides is 6. The molecule has 7 aliphatic rings. The SMILES string of the molecule is CN[C@@H](C)C(=O)N[C@H](C(=O)N1CCC[C@H]1c1cncc(-c2ccc(F)c(C(=O)N3CC4(CN(C(=O)c5cc(C6=CN=CC([C@@H]7CCCN7C(=O)[C@@H](NC(=O)[C@H](C)NC)C7CCCCC7)C6)ccc5F)C4)C3)c2)c1)C1CCCCC1. The third-order valence-electron chi connectivity index (χ3n) is 18.5. The van der Waals surface area contributed by atoms with E-state index in [1.165, 1.54) is 12.1 Å². The van der Waals surface area contributed by atoms with Crippen LogP contribution < -0.4 is 21.3 Å². The highest BCUT2D eigenvalue weighted by Crippen LogP contribution is 2.43. The van der Waals surface area contributed by atoms with Crippen LogP contribution >= 0.6 is 0 Å². The van der Waals surface area contributed by atoms with Gasteiger partial charge in [0, 0.05) is 87.0 Å². The van der Waals surface area contributed by atoms with Gasteiger partial charge in [-0.25, -0.2) is 8.78 Å². The number of nitrogens with zero attached hydrogens (tertiary/aromatic N) is 6. The number of allylic oxidation sites excluding steroid dienone is 1. The third-order valence-corrected chi connectivity index (χ3v) is 18.5. The zero-order valence-corrected chi connectivity index (χ0v) is 46.3. The summed E-state index contributed by atoms with van der Waals surface area (Å²) in [6, 6.07) is 8.49. The molecule has 0 bridgehead atoms. The van der Waals surface area contributed by atoms with Crippen LogP contribution in [0.15, 0.2) is 66.1 Å². The summed E-state index contributed by atoms with van der Waals surface area (Å²) in [7, 11) is 3.45. The van der Waals surface area contributed by atoms with Crippen molar-refractivity contribution in [2.75, 3.05) is 53.4 Å². The van der Waals surface area contributed by atoms with Gasteiger partial charge in [0.2, 0.25) is 23.6 Å². The summed E-state index contributed by atoms with van der Waals surface area (Å²) in [5.74, 6) is -2.69. The molecule has 2 aromatic carbocycles. The summed E-state index contributed by atoms with van der Waals surface area (Å²) in [6.45, 7) is 5.99. The van der Waals surface area contributed by atoms with E-state index in [-0.39, 0.29) is 70.0 Å². The number of likely N-dealkylation sites (tertiary alicyclic amines) is 4. The Kier molecular flexibility index (Phi) is 17.1. The van der Waals surface area contributed by atoms with Crippen molar-refractivity contribution in [2.45, 2.75) is 146 Å². The van der Waals surface area contributed by atoms with Crippen molar-refractivity contribution in [3.05, 3.63) is 94.9 Å². The first-order valence-corrected chi connectivity index (χ1v) is 29.1. The third kappa shape index (κ3) is 11.8. The van der Waals surface area contributed by atoms with E-state index in [1.54, 1.807) is 80.6 Å². The molecule has 1 aromatic heterocycles. The number of aliphatic imine (C=N–C) groups is 1. The lowest BCUT2D eigenvalue weighted by Gasteiger charge is -2.60. The molecule has 79 heavy (non-hydrogen) atoms. The highest BCUT2D eigenvalue weighted by atomic mass is 19.1. The molecule has 0 radical (unpaired) electrons. The maximum Gasteiger partial charge on any atom is 0.256 e. The first-order chi connectivity index (χ1) is 38.1. The number of hydrogen-bond donors (Lipinski definition) is 4. The van der Waals surface area contributed by atoms with Crippen molar-refractivity contribution in [1.29, 1.82) is 0 Å². The van der Waals surface area contributed by atoms with Crippen molar-refractivity contribution in [3.8, 4) is 11.1 Å². The summed E-state index contributed by atoms with van der Waals surface area (Å²) >= 11 is 0. The zero-order chi connectivity index (χ0) is 55.5. The standard InChI is InChI=1S/C61H78F2N10O6/c1-37(64-3)55(74)68-53(39-13-7-5-8-14-39)59(78)72-23-11-17-51(72)45-25-43(29-66-31-45)41-19-21-49(62)47(27-41)57(76)70-33-61(34-70)35-71(36-61)58(77)48-28-42(20-22-50(48)63)44-26-46(32-67-30-44)52-18-12-24-73(52)60(79)54(40-15-9-6-10-16-40)69-56(75)38(2)65-4/h19-22,25,27-32,37-40,46,51-54,64-65H,5-18,23-24,26,33-36H2,1-4H3,(H,68,74)(H,69,75)/t37-,38-,46?,51-,52-,53-,54-/m0/s1. The van der Waals surface area contributed by atoms with Gasteiger partial charge in [0.25, 0.3) is 11.8 Å². The van der Waals surface area contributed by atoms with Gasteiger partial charge in [-0.15, -0.1) is 0 Å². The molecule has 7 atom stereocenters. The Hall–Kier alpha value is -6.40. The average molecular weight is 1090 g/mol. The normalized spacial score (nSPS) is 23.8. The number of aromatic nitrogens is 1. The second-order valence-electron chi connectivity index (χ2n) is 23.8. The van der Waals surface area contributed by atoms with E-state index in [0.29, 0.717) is 62.4 Å². The lowest BCUT2D eigenvalue weighted by molar-refractivity contribution is -0.140. The van der Waals surface area contributed by atoms with Gasteiger partial charge in [-0.2, -0.15) is 0 Å². The zero-order valence-electron chi connectivity index (χ0n) is 46.3. The Morgan fingerprint density at radius 2 is 1.13 bits per heavy atom. The molecule has 18 heteroatoms. The monoisotopic (exact) mass is 1080 g/mol. The molecular formula is C61H78F2N10O6. The largest absolute Gasteiger partial charge is 0.343 e. The van der Waals surface area contributed by atoms with Crippen LogP contribution in [0.1, 0.15) is 148 Å². The number of halogens is 2. The van der Waals surface area contributed by atoms with Crippen molar-refractivity contribution >= 4 is 47.2 Å². The van der Waals surface area contributed by atoms with Crippen LogP contribution in [0.3, 0.4) is 0 Å². The van der Waals surface area contributed by atoms with E-state index >= 15 is 8.78 Å². The fraction of sp³-hybridized carbons (Fsp3) is 0.574. The molecule has 5 aliphatic heterocycles. The fourth-order valence-electron chi connectivity index (χ4n) is 13.7. The van der Waals surface area contributed by atoms with Crippen LogP contribution in [0.2, 0.25) is 0 Å². The lowest BCUT2D eigenvalue weighted by atomic mass is 9.72. The minimum Gasteiger partial charge on any atom is -0.343 e. The first-order valence-electron chi connectivity index (χ1n) is 29.1.